The number of rotatable bonds is 4. The van der Waals surface area contributed by atoms with E-state index in [2.05, 4.69) is 5.32 Å². The predicted octanol–water partition coefficient (Wildman–Crippen LogP) is 1.37. The molecule has 0 spiro atoms. The van der Waals surface area contributed by atoms with Gasteiger partial charge in [-0.3, -0.25) is 4.79 Å². The van der Waals surface area contributed by atoms with Crippen molar-refractivity contribution in [3.8, 4) is 0 Å². The summed E-state index contributed by atoms with van der Waals surface area (Å²) in [4.78, 5) is 11.9. The molecule has 4 nitrogen and oxygen atoms in total. The van der Waals surface area contributed by atoms with E-state index >= 15 is 0 Å². The lowest BCUT2D eigenvalue weighted by Crippen LogP contribution is -2.46. The predicted molar refractivity (Wildman–Crippen MR) is 75.2 cm³/mol. The van der Waals surface area contributed by atoms with E-state index in [9.17, 15) is 17.6 Å². The normalized spacial score (nSPS) is 21.6. The van der Waals surface area contributed by atoms with Crippen molar-refractivity contribution in [2.24, 2.45) is 0 Å². The number of hydrogen-bond acceptors (Lipinski definition) is 4. The zero-order chi connectivity index (χ0) is 14.8. The van der Waals surface area contributed by atoms with E-state index in [1.807, 2.05) is 0 Å². The summed E-state index contributed by atoms with van der Waals surface area (Å²) in [5.41, 5.74) is 0.237. The molecule has 1 fully saturated rings. The number of ketones is 1. The van der Waals surface area contributed by atoms with E-state index < -0.39 is 15.7 Å². The van der Waals surface area contributed by atoms with Gasteiger partial charge in [-0.05, 0) is 23.8 Å². The first-order valence-electron chi connectivity index (χ1n) is 6.25. The highest BCUT2D eigenvalue weighted by Crippen LogP contribution is 2.16. The topological polar surface area (TPSA) is 63.2 Å². The Labute approximate surface area is 122 Å². The second-order valence-electron chi connectivity index (χ2n) is 4.92. The molecule has 1 aliphatic rings. The molecular formula is C13H15ClFNO3S. The fourth-order valence-electron chi connectivity index (χ4n) is 2.24. The average molecular weight is 320 g/mol. The van der Waals surface area contributed by atoms with Gasteiger partial charge in [0.1, 0.15) is 11.6 Å². The molecular weight excluding hydrogens is 305 g/mol. The molecule has 110 valence electrons. The zero-order valence-electron chi connectivity index (χ0n) is 10.7. The Morgan fingerprint density at radius 3 is 2.90 bits per heavy atom. The summed E-state index contributed by atoms with van der Waals surface area (Å²) in [6, 6.07) is 3.66. The largest absolute Gasteiger partial charge is 0.312 e. The number of hydrogen-bond donors (Lipinski definition) is 1. The van der Waals surface area contributed by atoms with Gasteiger partial charge in [0.25, 0.3) is 0 Å². The van der Waals surface area contributed by atoms with Crippen molar-refractivity contribution in [2.75, 3.05) is 18.1 Å². The van der Waals surface area contributed by atoms with Crippen molar-refractivity contribution in [2.45, 2.75) is 18.9 Å². The zero-order valence-corrected chi connectivity index (χ0v) is 12.3. The van der Waals surface area contributed by atoms with Crippen LogP contribution in [0.25, 0.3) is 0 Å². The highest BCUT2D eigenvalue weighted by Gasteiger charge is 2.26. The highest BCUT2D eigenvalue weighted by atomic mass is 35.5. The number of benzene rings is 1. The van der Waals surface area contributed by atoms with Gasteiger partial charge in [-0.2, -0.15) is 0 Å². The summed E-state index contributed by atoms with van der Waals surface area (Å²) in [5, 5.41) is 3.37. The maximum absolute atomic E-state index is 13.5. The summed E-state index contributed by atoms with van der Waals surface area (Å²) in [5.74, 6) is -0.634. The molecule has 1 atom stereocenters. The van der Waals surface area contributed by atoms with Gasteiger partial charge in [0, 0.05) is 30.5 Å². The number of halogens is 2. The first-order chi connectivity index (χ1) is 9.35. The molecule has 7 heteroatoms. The van der Waals surface area contributed by atoms with Gasteiger partial charge >= 0.3 is 0 Å². The van der Waals surface area contributed by atoms with Crippen molar-refractivity contribution < 1.29 is 17.6 Å². The maximum Gasteiger partial charge on any atom is 0.153 e. The van der Waals surface area contributed by atoms with Gasteiger partial charge in [-0.1, -0.05) is 11.6 Å². The average Bonchev–Trinajstić information content (AvgIpc) is 2.32. The van der Waals surface area contributed by atoms with Gasteiger partial charge in [0.05, 0.1) is 11.5 Å². The Bertz CT molecular complexity index is 618. The molecule has 0 bridgehead atoms. The summed E-state index contributed by atoms with van der Waals surface area (Å²) < 4.78 is 36.5. The molecule has 20 heavy (non-hydrogen) atoms. The summed E-state index contributed by atoms with van der Waals surface area (Å²) in [6.07, 6.45) is -0.00416. The quantitative estimate of drug-likeness (QED) is 0.910. The molecule has 0 amide bonds. The van der Waals surface area contributed by atoms with E-state index in [0.717, 1.165) is 0 Å². The van der Waals surface area contributed by atoms with E-state index in [-0.39, 0.29) is 41.7 Å². The molecule has 1 aliphatic heterocycles. The Kier molecular flexibility index (Phi) is 4.78. The lowest BCUT2D eigenvalue weighted by Gasteiger charge is -2.23. The standard InChI is InChI=1S/C13H15ClFNO3S/c14-10-1-2-13(15)9(5-10)6-12(17)7-11-8-20(18,19)4-3-16-11/h1-2,5,11,16H,3-4,6-8H2. The van der Waals surface area contributed by atoms with Crippen molar-refractivity contribution in [1.82, 2.24) is 5.32 Å². The van der Waals surface area contributed by atoms with Crippen LogP contribution in [0.3, 0.4) is 0 Å². The number of Topliss-reactive ketones (excluding diaryl/α,β-unsaturated/α-hetero) is 1. The molecule has 1 N–H and O–H groups in total. The minimum Gasteiger partial charge on any atom is -0.312 e. The van der Waals surface area contributed by atoms with Crippen LogP contribution in [0.2, 0.25) is 5.02 Å². The fourth-order valence-corrected chi connectivity index (χ4v) is 3.88. The lowest BCUT2D eigenvalue weighted by molar-refractivity contribution is -0.118. The molecule has 0 saturated carbocycles. The van der Waals surface area contributed by atoms with Crippen LogP contribution in [0.15, 0.2) is 18.2 Å². The van der Waals surface area contributed by atoms with Crippen molar-refractivity contribution >= 4 is 27.2 Å². The van der Waals surface area contributed by atoms with Gasteiger partial charge in [0.15, 0.2) is 9.84 Å². The van der Waals surface area contributed by atoms with Crippen LogP contribution in [-0.2, 0) is 21.1 Å². The molecule has 1 heterocycles. The SMILES string of the molecule is O=C(Cc1cc(Cl)ccc1F)CC1CS(=O)(=O)CCN1. The van der Waals surface area contributed by atoms with Gasteiger partial charge in [-0.15, -0.1) is 0 Å². The number of sulfone groups is 1. The van der Waals surface area contributed by atoms with Crippen LogP contribution in [0.1, 0.15) is 12.0 Å². The minimum absolute atomic E-state index is 0.0449. The first-order valence-corrected chi connectivity index (χ1v) is 8.45. The van der Waals surface area contributed by atoms with E-state index in [4.69, 9.17) is 11.6 Å². The molecule has 1 aromatic rings. The van der Waals surface area contributed by atoms with Crippen LogP contribution in [0, 0.1) is 5.82 Å². The monoisotopic (exact) mass is 319 g/mol. The van der Waals surface area contributed by atoms with E-state index in [0.29, 0.717) is 11.6 Å². The van der Waals surface area contributed by atoms with Crippen LogP contribution < -0.4 is 5.32 Å². The molecule has 2 rings (SSSR count). The maximum atomic E-state index is 13.5. The molecule has 0 aliphatic carbocycles. The first kappa shape index (κ1) is 15.4. The van der Waals surface area contributed by atoms with E-state index in [1.54, 1.807) is 0 Å². The highest BCUT2D eigenvalue weighted by molar-refractivity contribution is 7.91. The van der Waals surface area contributed by atoms with Crippen LogP contribution in [-0.4, -0.2) is 38.3 Å². The number of carbonyl (C=O) groups is 1. The van der Waals surface area contributed by atoms with Crippen LogP contribution in [0.4, 0.5) is 4.39 Å². The Morgan fingerprint density at radius 1 is 1.45 bits per heavy atom. The van der Waals surface area contributed by atoms with Gasteiger partial charge in [0.2, 0.25) is 0 Å². The van der Waals surface area contributed by atoms with Gasteiger partial charge in [-0.25, -0.2) is 12.8 Å². The Hall–Kier alpha value is -0.980. The van der Waals surface area contributed by atoms with Crippen LogP contribution in [0.5, 0.6) is 0 Å². The summed E-state index contributed by atoms with van der Waals surface area (Å²) in [7, 11) is -3.08. The number of nitrogens with one attached hydrogen (secondary N) is 1. The van der Waals surface area contributed by atoms with Crippen molar-refractivity contribution in [3.63, 3.8) is 0 Å². The second kappa shape index (κ2) is 6.20. The summed E-state index contributed by atoms with van der Waals surface area (Å²) in [6.45, 7) is 0.353. The fraction of sp³-hybridized carbons (Fsp3) is 0.462. The van der Waals surface area contributed by atoms with Crippen LogP contribution >= 0.6 is 11.6 Å². The van der Waals surface area contributed by atoms with E-state index in [1.165, 1.54) is 18.2 Å². The number of carbonyl (C=O) groups excluding carboxylic acids is 1. The third-order valence-corrected chi connectivity index (χ3v) is 5.14. The molecule has 1 saturated heterocycles. The summed E-state index contributed by atoms with van der Waals surface area (Å²) >= 11 is 5.76. The smallest absolute Gasteiger partial charge is 0.153 e. The molecule has 0 radical (unpaired) electrons. The molecule has 0 aromatic heterocycles. The third kappa shape index (κ3) is 4.26. The molecule has 1 unspecified atom stereocenters. The molecule has 1 aromatic carbocycles. The minimum atomic E-state index is -3.08. The Balaban J connectivity index is 1.97. The third-order valence-electron chi connectivity index (χ3n) is 3.17. The second-order valence-corrected chi connectivity index (χ2v) is 7.59. The Morgan fingerprint density at radius 2 is 2.20 bits per heavy atom. The van der Waals surface area contributed by atoms with Crippen molar-refractivity contribution in [3.05, 3.63) is 34.6 Å². The van der Waals surface area contributed by atoms with Gasteiger partial charge < -0.3 is 5.32 Å². The lowest BCUT2D eigenvalue weighted by atomic mass is 10.0. The van der Waals surface area contributed by atoms with Crippen molar-refractivity contribution in [1.29, 1.82) is 0 Å².